The van der Waals surface area contributed by atoms with Gasteiger partial charge in [-0.15, -0.1) is 0 Å². The number of benzene rings is 1. The maximum absolute atomic E-state index is 12.9. The maximum Gasteiger partial charge on any atom is 0.287 e. The van der Waals surface area contributed by atoms with Crippen LogP contribution in [0.5, 0.6) is 0 Å². The van der Waals surface area contributed by atoms with E-state index in [1.54, 1.807) is 18.5 Å². The van der Waals surface area contributed by atoms with Crippen LogP contribution in [0.3, 0.4) is 0 Å². The molecule has 7 heteroatoms. The summed E-state index contributed by atoms with van der Waals surface area (Å²) in [6.07, 6.45) is 5.98. The number of nitrogens with zero attached hydrogens (tertiary/aromatic N) is 3. The Morgan fingerprint density at radius 1 is 1.28 bits per heavy atom. The van der Waals surface area contributed by atoms with Crippen LogP contribution in [-0.4, -0.2) is 47.0 Å². The van der Waals surface area contributed by atoms with Crippen LogP contribution in [0.15, 0.2) is 52.3 Å². The first-order valence-electron chi connectivity index (χ1n) is 10.1. The summed E-state index contributed by atoms with van der Waals surface area (Å²) in [5.41, 5.74) is 1.62. The highest BCUT2D eigenvalue weighted by Gasteiger charge is 2.21. The fourth-order valence-corrected chi connectivity index (χ4v) is 4.65. The zero-order valence-electron chi connectivity index (χ0n) is 16.6. The lowest BCUT2D eigenvalue weighted by Crippen LogP contribution is -2.40. The number of piperidine rings is 1. The van der Waals surface area contributed by atoms with Crippen molar-refractivity contribution in [2.45, 2.75) is 30.7 Å². The molecule has 0 radical (unpaired) electrons. The van der Waals surface area contributed by atoms with Gasteiger partial charge in [0.05, 0.1) is 0 Å². The summed E-state index contributed by atoms with van der Waals surface area (Å²) in [5.74, 6) is 1.55. The van der Waals surface area contributed by atoms with Crippen LogP contribution < -0.4 is 5.32 Å². The molecule has 152 valence electrons. The molecule has 0 saturated carbocycles. The molecular weight excluding hydrogens is 384 g/mol. The fraction of sp³-hybridized carbons (Fsp3) is 0.409. The van der Waals surface area contributed by atoms with Crippen LogP contribution in [0.1, 0.15) is 35.9 Å². The van der Waals surface area contributed by atoms with Crippen LogP contribution >= 0.6 is 11.8 Å². The summed E-state index contributed by atoms with van der Waals surface area (Å²) in [4.78, 5) is 23.8. The third kappa shape index (κ3) is 4.97. The molecule has 0 spiro atoms. The molecule has 1 fully saturated rings. The molecule has 1 aliphatic rings. The number of amides is 1. The van der Waals surface area contributed by atoms with E-state index in [4.69, 9.17) is 4.42 Å². The van der Waals surface area contributed by atoms with E-state index in [0.717, 1.165) is 42.1 Å². The van der Waals surface area contributed by atoms with Gasteiger partial charge in [-0.3, -0.25) is 4.79 Å². The van der Waals surface area contributed by atoms with Crippen LogP contribution in [0.4, 0.5) is 0 Å². The Hall–Kier alpha value is -2.38. The highest BCUT2D eigenvalue weighted by Crippen LogP contribution is 2.31. The lowest BCUT2D eigenvalue weighted by atomic mass is 10.0. The van der Waals surface area contributed by atoms with Crippen molar-refractivity contribution in [1.82, 2.24) is 20.2 Å². The molecule has 3 heterocycles. The minimum atomic E-state index is -0.157. The normalized spacial score (nSPS) is 17.5. The molecule has 6 nitrogen and oxygen atoms in total. The van der Waals surface area contributed by atoms with Crippen LogP contribution in [-0.2, 0) is 5.75 Å². The van der Waals surface area contributed by atoms with Gasteiger partial charge in [-0.2, -0.15) is 0 Å². The Bertz CT molecular complexity index is 960. The van der Waals surface area contributed by atoms with Crippen molar-refractivity contribution in [3.63, 3.8) is 0 Å². The molecule has 1 atom stereocenters. The molecule has 4 rings (SSSR count). The summed E-state index contributed by atoms with van der Waals surface area (Å²) in [7, 11) is 0. The second kappa shape index (κ2) is 9.41. The van der Waals surface area contributed by atoms with Gasteiger partial charge < -0.3 is 14.6 Å². The molecule has 0 bridgehead atoms. The molecule has 0 aliphatic carbocycles. The second-order valence-electron chi connectivity index (χ2n) is 7.53. The van der Waals surface area contributed by atoms with E-state index in [0.29, 0.717) is 23.2 Å². The van der Waals surface area contributed by atoms with E-state index < -0.39 is 0 Å². The summed E-state index contributed by atoms with van der Waals surface area (Å²) in [5, 5.41) is 4.69. The molecular formula is C22H26N4O2S. The highest BCUT2D eigenvalue weighted by molar-refractivity contribution is 7.98. The monoisotopic (exact) mass is 410 g/mol. The Labute approximate surface area is 175 Å². The summed E-state index contributed by atoms with van der Waals surface area (Å²) >= 11 is 1.50. The van der Waals surface area contributed by atoms with Gasteiger partial charge in [-0.25, -0.2) is 9.97 Å². The molecule has 1 unspecified atom stereocenters. The van der Waals surface area contributed by atoms with Gasteiger partial charge in [0.2, 0.25) is 0 Å². The second-order valence-corrected chi connectivity index (χ2v) is 8.47. The number of hydrogen-bond donors (Lipinski definition) is 1. The zero-order valence-corrected chi connectivity index (χ0v) is 17.5. The van der Waals surface area contributed by atoms with Crippen LogP contribution in [0, 0.1) is 5.92 Å². The van der Waals surface area contributed by atoms with Crippen molar-refractivity contribution in [3.05, 3.63) is 54.0 Å². The molecule has 1 amide bonds. The van der Waals surface area contributed by atoms with Crippen molar-refractivity contribution < 1.29 is 9.21 Å². The predicted octanol–water partition coefficient (Wildman–Crippen LogP) is 3.98. The number of furan rings is 1. The third-order valence-corrected chi connectivity index (χ3v) is 6.15. The number of fused-ring (bicyclic) bond motifs is 1. The lowest BCUT2D eigenvalue weighted by Gasteiger charge is -2.30. The highest BCUT2D eigenvalue weighted by atomic mass is 32.2. The van der Waals surface area contributed by atoms with E-state index in [2.05, 4.69) is 27.1 Å². The molecule has 1 aliphatic heterocycles. The van der Waals surface area contributed by atoms with Crippen LogP contribution in [0.25, 0.3) is 11.0 Å². The Balaban J connectivity index is 1.44. The minimum Gasteiger partial charge on any atom is -0.451 e. The molecule has 1 saturated heterocycles. The standard InChI is InChI=1S/C22H26N4O2S/c1-16-6-4-12-26(14-16)13-11-23-21(27)20-18(15-29-22-24-9-5-10-25-22)17-7-2-3-8-19(17)28-20/h2-3,5,7-10,16H,4,6,11-15H2,1H3,(H,23,27). The topological polar surface area (TPSA) is 71.3 Å². The number of para-hydroxylation sites is 1. The summed E-state index contributed by atoms with van der Waals surface area (Å²) in [6, 6.07) is 9.56. The van der Waals surface area contributed by atoms with E-state index in [1.807, 2.05) is 24.3 Å². The largest absolute Gasteiger partial charge is 0.451 e. The van der Waals surface area contributed by atoms with Gasteiger partial charge in [0.1, 0.15) is 5.58 Å². The number of aromatic nitrogens is 2. The third-order valence-electron chi connectivity index (χ3n) is 5.25. The average molecular weight is 411 g/mol. The Morgan fingerprint density at radius 3 is 2.93 bits per heavy atom. The van der Waals surface area contributed by atoms with E-state index in [9.17, 15) is 4.79 Å². The van der Waals surface area contributed by atoms with Gasteiger partial charge in [0.25, 0.3) is 5.91 Å². The quantitative estimate of drug-likeness (QED) is 0.469. The van der Waals surface area contributed by atoms with E-state index in [-0.39, 0.29) is 5.91 Å². The fourth-order valence-electron chi connectivity index (χ4n) is 3.82. The van der Waals surface area contributed by atoms with Gasteiger partial charge in [-0.05, 0) is 37.4 Å². The first kappa shape index (κ1) is 19.9. The maximum atomic E-state index is 12.9. The predicted molar refractivity (Wildman–Crippen MR) is 115 cm³/mol. The van der Waals surface area contributed by atoms with Crippen molar-refractivity contribution in [1.29, 1.82) is 0 Å². The smallest absolute Gasteiger partial charge is 0.287 e. The van der Waals surface area contributed by atoms with Gasteiger partial charge in [-0.1, -0.05) is 36.9 Å². The summed E-state index contributed by atoms with van der Waals surface area (Å²) in [6.45, 7) is 6.01. The number of hydrogen-bond acceptors (Lipinski definition) is 6. The number of thioether (sulfide) groups is 1. The number of carbonyl (C=O) groups is 1. The van der Waals surface area contributed by atoms with Crippen molar-refractivity contribution in [2.75, 3.05) is 26.2 Å². The number of likely N-dealkylation sites (tertiary alicyclic amines) is 1. The number of rotatable bonds is 7. The van der Waals surface area contributed by atoms with Crippen LogP contribution in [0.2, 0.25) is 0 Å². The van der Waals surface area contributed by atoms with Crippen molar-refractivity contribution in [3.8, 4) is 0 Å². The first-order valence-corrected chi connectivity index (χ1v) is 11.1. The van der Waals surface area contributed by atoms with Crippen molar-refractivity contribution in [2.24, 2.45) is 5.92 Å². The molecule has 2 aromatic heterocycles. The van der Waals surface area contributed by atoms with Gasteiger partial charge >= 0.3 is 0 Å². The SMILES string of the molecule is CC1CCCN(CCNC(=O)c2oc3ccccc3c2CSc2ncccn2)C1. The Morgan fingerprint density at radius 2 is 2.10 bits per heavy atom. The lowest BCUT2D eigenvalue weighted by molar-refractivity contribution is 0.0917. The molecule has 1 N–H and O–H groups in total. The summed E-state index contributed by atoms with van der Waals surface area (Å²) < 4.78 is 5.93. The van der Waals surface area contributed by atoms with E-state index >= 15 is 0 Å². The van der Waals surface area contributed by atoms with Gasteiger partial charge in [0.15, 0.2) is 10.9 Å². The Kier molecular flexibility index (Phi) is 6.46. The first-order chi connectivity index (χ1) is 14.2. The number of carbonyl (C=O) groups excluding carboxylic acids is 1. The average Bonchev–Trinajstić information content (AvgIpc) is 3.12. The van der Waals surface area contributed by atoms with E-state index in [1.165, 1.54) is 24.6 Å². The molecule has 1 aromatic carbocycles. The molecule has 3 aromatic rings. The van der Waals surface area contributed by atoms with Gasteiger partial charge in [0, 0.05) is 48.7 Å². The number of nitrogens with one attached hydrogen (secondary N) is 1. The van der Waals surface area contributed by atoms with Crippen molar-refractivity contribution >= 4 is 28.6 Å². The molecule has 29 heavy (non-hydrogen) atoms. The minimum absolute atomic E-state index is 0.157. The zero-order chi connectivity index (χ0) is 20.1.